The van der Waals surface area contributed by atoms with E-state index in [9.17, 15) is 4.79 Å². The molecule has 24 heavy (non-hydrogen) atoms. The lowest BCUT2D eigenvalue weighted by molar-refractivity contribution is -0.129. The van der Waals surface area contributed by atoms with Crippen molar-refractivity contribution in [2.45, 2.75) is 130 Å². The van der Waals surface area contributed by atoms with Crippen LogP contribution in [0.2, 0.25) is 0 Å². The summed E-state index contributed by atoms with van der Waals surface area (Å²) in [5.74, 6) is -0.0414. The maximum atomic E-state index is 12.1. The normalized spacial score (nSPS) is 11.8. The van der Waals surface area contributed by atoms with E-state index in [-0.39, 0.29) is 11.3 Å². The third kappa shape index (κ3) is 11.1. The Kier molecular flexibility index (Phi) is 15.6. The van der Waals surface area contributed by atoms with Crippen molar-refractivity contribution in [2.75, 3.05) is 0 Å². The van der Waals surface area contributed by atoms with Gasteiger partial charge in [0, 0.05) is 5.41 Å². The zero-order chi connectivity index (χ0) is 18.1. The molecule has 0 bridgehead atoms. The van der Waals surface area contributed by atoms with Gasteiger partial charge in [-0.3, -0.25) is 4.79 Å². The highest BCUT2D eigenvalue weighted by Crippen LogP contribution is 2.36. The highest BCUT2D eigenvalue weighted by molar-refractivity contribution is 5.80. The van der Waals surface area contributed by atoms with E-state index in [0.29, 0.717) is 0 Å². The quantitative estimate of drug-likeness (QED) is 0.265. The number of hydrogen-bond acceptors (Lipinski definition) is 1. The van der Waals surface area contributed by atoms with Crippen LogP contribution in [-0.2, 0) is 4.79 Å². The van der Waals surface area contributed by atoms with Gasteiger partial charge >= 0.3 is 0 Å². The topological polar surface area (TPSA) is 43.1 Å². The molecular weight excluding hydrogens is 294 g/mol. The van der Waals surface area contributed by atoms with Gasteiger partial charge in [-0.1, -0.05) is 111 Å². The number of amides is 1. The standard InChI is InChI=1S/C22H45NO/c1-4-7-10-11-12-13-14-15-16-17-20-22(21(23)24,18-8-5-2)19-9-6-3/h4-20H2,1-3H3,(H2,23,24). The van der Waals surface area contributed by atoms with Crippen LogP contribution in [-0.4, -0.2) is 5.91 Å². The van der Waals surface area contributed by atoms with Gasteiger partial charge in [0.15, 0.2) is 0 Å². The van der Waals surface area contributed by atoms with Crippen LogP contribution in [0.4, 0.5) is 0 Å². The molecule has 0 aliphatic carbocycles. The monoisotopic (exact) mass is 339 g/mol. The first-order valence-corrected chi connectivity index (χ1v) is 10.9. The Labute approximate surface area is 152 Å². The molecule has 0 aromatic rings. The van der Waals surface area contributed by atoms with E-state index in [1.165, 1.54) is 64.2 Å². The predicted molar refractivity (Wildman–Crippen MR) is 107 cm³/mol. The molecule has 0 radical (unpaired) electrons. The van der Waals surface area contributed by atoms with E-state index in [1.807, 2.05) is 0 Å². The molecule has 0 unspecified atom stereocenters. The second-order valence-electron chi connectivity index (χ2n) is 7.78. The number of carbonyl (C=O) groups is 1. The van der Waals surface area contributed by atoms with Gasteiger partial charge < -0.3 is 5.73 Å². The summed E-state index contributed by atoms with van der Waals surface area (Å²) in [7, 11) is 0. The fraction of sp³-hybridized carbons (Fsp3) is 0.955. The molecule has 0 saturated heterocycles. The average molecular weight is 340 g/mol. The first kappa shape index (κ1) is 23.5. The summed E-state index contributed by atoms with van der Waals surface area (Å²) in [6.45, 7) is 6.67. The summed E-state index contributed by atoms with van der Waals surface area (Å²) >= 11 is 0. The first-order chi connectivity index (χ1) is 11.6. The smallest absolute Gasteiger partial charge is 0.223 e. The molecule has 144 valence electrons. The maximum absolute atomic E-state index is 12.1. The summed E-state index contributed by atoms with van der Waals surface area (Å²) in [6, 6.07) is 0. The number of rotatable bonds is 18. The van der Waals surface area contributed by atoms with Crippen molar-refractivity contribution in [3.63, 3.8) is 0 Å². The SMILES string of the molecule is CCCCCCCCCCCCC(CCCC)(CCCC)C(N)=O. The molecule has 0 aromatic carbocycles. The summed E-state index contributed by atoms with van der Waals surface area (Å²) in [4.78, 5) is 12.1. The molecule has 0 aromatic heterocycles. The largest absolute Gasteiger partial charge is 0.369 e. The molecular formula is C22H45NO. The van der Waals surface area contributed by atoms with Gasteiger partial charge in [-0.15, -0.1) is 0 Å². The van der Waals surface area contributed by atoms with E-state index in [0.717, 1.165) is 44.9 Å². The van der Waals surface area contributed by atoms with Gasteiger partial charge in [0.25, 0.3) is 0 Å². The zero-order valence-corrected chi connectivity index (χ0v) is 17.0. The molecule has 0 fully saturated rings. The molecule has 0 spiro atoms. The van der Waals surface area contributed by atoms with Crippen LogP contribution in [0.25, 0.3) is 0 Å². The summed E-state index contributed by atoms with van der Waals surface area (Å²) in [6.07, 6.45) is 21.0. The third-order valence-electron chi connectivity index (χ3n) is 5.55. The van der Waals surface area contributed by atoms with Crippen LogP contribution in [0.15, 0.2) is 0 Å². The van der Waals surface area contributed by atoms with Crippen molar-refractivity contribution >= 4 is 5.91 Å². The van der Waals surface area contributed by atoms with Crippen LogP contribution in [0, 0.1) is 5.41 Å². The van der Waals surface area contributed by atoms with Crippen LogP contribution in [0.5, 0.6) is 0 Å². The molecule has 0 aliphatic rings. The Bertz CT molecular complexity index is 280. The summed E-state index contributed by atoms with van der Waals surface area (Å²) in [5, 5.41) is 0. The van der Waals surface area contributed by atoms with Gasteiger partial charge in [0.1, 0.15) is 0 Å². The average Bonchev–Trinajstić information content (AvgIpc) is 2.58. The number of primary amides is 1. The number of nitrogens with two attached hydrogens (primary N) is 1. The van der Waals surface area contributed by atoms with E-state index < -0.39 is 0 Å². The lowest BCUT2D eigenvalue weighted by Crippen LogP contribution is -2.37. The lowest BCUT2D eigenvalue weighted by atomic mass is 9.73. The number of unbranched alkanes of at least 4 members (excludes halogenated alkanes) is 11. The van der Waals surface area contributed by atoms with Gasteiger partial charge in [0.2, 0.25) is 5.91 Å². The minimum atomic E-state index is -0.216. The zero-order valence-electron chi connectivity index (χ0n) is 17.0. The second-order valence-corrected chi connectivity index (χ2v) is 7.78. The van der Waals surface area contributed by atoms with Gasteiger partial charge in [-0.25, -0.2) is 0 Å². The van der Waals surface area contributed by atoms with E-state index >= 15 is 0 Å². The van der Waals surface area contributed by atoms with Crippen molar-refractivity contribution in [1.29, 1.82) is 0 Å². The van der Waals surface area contributed by atoms with Crippen LogP contribution < -0.4 is 5.73 Å². The maximum Gasteiger partial charge on any atom is 0.223 e. The molecule has 0 atom stereocenters. The highest BCUT2D eigenvalue weighted by atomic mass is 16.1. The number of hydrogen-bond donors (Lipinski definition) is 1. The molecule has 0 aliphatic heterocycles. The Balaban J connectivity index is 3.98. The predicted octanol–water partition coefficient (Wildman–Crippen LogP) is 7.15. The third-order valence-corrected chi connectivity index (χ3v) is 5.55. The van der Waals surface area contributed by atoms with Crippen molar-refractivity contribution in [3.05, 3.63) is 0 Å². The first-order valence-electron chi connectivity index (χ1n) is 10.9. The van der Waals surface area contributed by atoms with Gasteiger partial charge in [-0.05, 0) is 19.3 Å². The molecule has 0 saturated carbocycles. The minimum Gasteiger partial charge on any atom is -0.369 e. The summed E-state index contributed by atoms with van der Waals surface area (Å²) in [5.41, 5.74) is 5.62. The van der Waals surface area contributed by atoms with Crippen LogP contribution >= 0.6 is 0 Å². The molecule has 2 nitrogen and oxygen atoms in total. The minimum absolute atomic E-state index is 0.0414. The Morgan fingerprint density at radius 2 is 0.917 bits per heavy atom. The van der Waals surface area contributed by atoms with Gasteiger partial charge in [-0.2, -0.15) is 0 Å². The molecule has 1 amide bonds. The Hall–Kier alpha value is -0.530. The van der Waals surface area contributed by atoms with Crippen LogP contribution in [0.1, 0.15) is 130 Å². The fourth-order valence-electron chi connectivity index (χ4n) is 3.73. The summed E-state index contributed by atoms with van der Waals surface area (Å²) < 4.78 is 0. The molecule has 0 rings (SSSR count). The van der Waals surface area contributed by atoms with E-state index in [4.69, 9.17) is 5.73 Å². The van der Waals surface area contributed by atoms with Crippen molar-refractivity contribution in [1.82, 2.24) is 0 Å². The Morgan fingerprint density at radius 3 is 1.29 bits per heavy atom. The highest BCUT2D eigenvalue weighted by Gasteiger charge is 2.34. The molecule has 2 N–H and O–H groups in total. The van der Waals surface area contributed by atoms with Gasteiger partial charge in [0.05, 0.1) is 0 Å². The molecule has 2 heteroatoms. The van der Waals surface area contributed by atoms with Crippen molar-refractivity contribution in [3.8, 4) is 0 Å². The fourth-order valence-corrected chi connectivity index (χ4v) is 3.73. The van der Waals surface area contributed by atoms with Crippen molar-refractivity contribution < 1.29 is 4.79 Å². The Morgan fingerprint density at radius 1 is 0.583 bits per heavy atom. The number of carbonyl (C=O) groups excluding carboxylic acids is 1. The second kappa shape index (κ2) is 16.0. The lowest BCUT2D eigenvalue weighted by Gasteiger charge is -2.31. The molecule has 0 heterocycles. The van der Waals surface area contributed by atoms with E-state index in [2.05, 4.69) is 20.8 Å². The van der Waals surface area contributed by atoms with E-state index in [1.54, 1.807) is 0 Å². The van der Waals surface area contributed by atoms with Crippen LogP contribution in [0.3, 0.4) is 0 Å². The van der Waals surface area contributed by atoms with Crippen molar-refractivity contribution in [2.24, 2.45) is 11.1 Å².